The van der Waals surface area contributed by atoms with Crippen molar-refractivity contribution in [3.05, 3.63) is 35.6 Å². The molecule has 0 aliphatic rings. The van der Waals surface area contributed by atoms with E-state index in [9.17, 15) is 8.42 Å². The zero-order valence-electron chi connectivity index (χ0n) is 11.9. The highest BCUT2D eigenvalue weighted by molar-refractivity contribution is 7.87. The largest absolute Gasteiger partial charge is 0.277 e. The summed E-state index contributed by atoms with van der Waals surface area (Å²) < 4.78 is 28.2. The van der Waals surface area contributed by atoms with Gasteiger partial charge in [-0.1, -0.05) is 0 Å². The van der Waals surface area contributed by atoms with Gasteiger partial charge in [-0.15, -0.1) is 11.3 Å². The molecule has 2 heterocycles. The number of pyridine rings is 1. The van der Waals surface area contributed by atoms with Crippen LogP contribution in [0.4, 0.5) is 0 Å². The Bertz CT molecular complexity index is 668. The summed E-state index contributed by atoms with van der Waals surface area (Å²) in [5.41, 5.74) is 1.84. The lowest BCUT2D eigenvalue weighted by Crippen LogP contribution is -2.41. The highest BCUT2D eigenvalue weighted by Gasteiger charge is 2.11. The van der Waals surface area contributed by atoms with E-state index in [0.29, 0.717) is 13.0 Å². The summed E-state index contributed by atoms with van der Waals surface area (Å²) >= 11 is 1.53. The third-order valence-corrected chi connectivity index (χ3v) is 4.83. The van der Waals surface area contributed by atoms with Crippen LogP contribution in [0.1, 0.15) is 19.5 Å². The van der Waals surface area contributed by atoms with Gasteiger partial charge in [0.15, 0.2) is 0 Å². The Morgan fingerprint density at radius 2 is 2.19 bits per heavy atom. The number of nitrogens with zero attached hydrogens (tertiary/aromatic N) is 2. The summed E-state index contributed by atoms with van der Waals surface area (Å²) in [4.78, 5) is 8.54. The summed E-state index contributed by atoms with van der Waals surface area (Å²) in [5, 5.41) is 2.83. The molecule has 0 spiro atoms. The van der Waals surface area contributed by atoms with Crippen LogP contribution >= 0.6 is 11.3 Å². The number of hydrogen-bond acceptors (Lipinski definition) is 5. The number of hydrogen-bond donors (Lipinski definition) is 2. The molecule has 6 nitrogen and oxygen atoms in total. The number of nitrogens with one attached hydrogen (secondary N) is 2. The molecule has 0 atom stereocenters. The molecule has 2 N–H and O–H groups in total. The molecule has 0 unspecified atom stereocenters. The normalized spacial score (nSPS) is 12.0. The molecule has 8 heteroatoms. The van der Waals surface area contributed by atoms with Crippen LogP contribution in [0.25, 0.3) is 10.6 Å². The second kappa shape index (κ2) is 7.08. The van der Waals surface area contributed by atoms with Gasteiger partial charge in [0.25, 0.3) is 10.2 Å². The van der Waals surface area contributed by atoms with Crippen molar-refractivity contribution < 1.29 is 8.42 Å². The first-order valence-corrected chi connectivity index (χ1v) is 8.94. The molecule has 2 aromatic heterocycles. The maximum absolute atomic E-state index is 11.6. The first kappa shape index (κ1) is 16.0. The molecule has 2 aromatic rings. The Morgan fingerprint density at radius 3 is 2.86 bits per heavy atom. The van der Waals surface area contributed by atoms with Crippen LogP contribution in [0.15, 0.2) is 29.9 Å². The summed E-state index contributed by atoms with van der Waals surface area (Å²) in [6, 6.07) is 3.69. The highest BCUT2D eigenvalue weighted by atomic mass is 32.2. The SMILES string of the molecule is CC(C)NS(=O)(=O)NCCc1csc(-c2cccnc2)n1. The van der Waals surface area contributed by atoms with Gasteiger partial charge >= 0.3 is 0 Å². The molecule has 0 aromatic carbocycles. The van der Waals surface area contributed by atoms with E-state index in [-0.39, 0.29) is 6.04 Å². The van der Waals surface area contributed by atoms with Gasteiger partial charge in [-0.05, 0) is 26.0 Å². The fourth-order valence-corrected chi connectivity index (χ4v) is 3.63. The van der Waals surface area contributed by atoms with Crippen LogP contribution < -0.4 is 9.44 Å². The van der Waals surface area contributed by atoms with Gasteiger partial charge in [-0.2, -0.15) is 13.1 Å². The van der Waals surface area contributed by atoms with E-state index in [4.69, 9.17) is 0 Å². The lowest BCUT2D eigenvalue weighted by atomic mass is 10.3. The predicted octanol–water partition coefficient (Wildman–Crippen LogP) is 1.58. The molecule has 0 amide bonds. The van der Waals surface area contributed by atoms with Crippen molar-refractivity contribution in [2.24, 2.45) is 0 Å². The second-order valence-corrected chi connectivity index (χ2v) is 7.20. The predicted molar refractivity (Wildman–Crippen MR) is 84.2 cm³/mol. The van der Waals surface area contributed by atoms with E-state index in [2.05, 4.69) is 19.4 Å². The lowest BCUT2D eigenvalue weighted by Gasteiger charge is -2.09. The number of aromatic nitrogens is 2. The van der Waals surface area contributed by atoms with Crippen LogP contribution in [0, 0.1) is 0 Å². The van der Waals surface area contributed by atoms with Crippen molar-refractivity contribution in [1.82, 2.24) is 19.4 Å². The Kier molecular flexibility index (Phi) is 5.40. The average molecular weight is 326 g/mol. The Hall–Kier alpha value is -1.35. The van der Waals surface area contributed by atoms with Gasteiger partial charge in [0, 0.05) is 42.3 Å². The Balaban J connectivity index is 1.89. The smallest absolute Gasteiger partial charge is 0.264 e. The molecule has 0 saturated carbocycles. The summed E-state index contributed by atoms with van der Waals surface area (Å²) in [7, 11) is -3.43. The van der Waals surface area contributed by atoms with Gasteiger partial charge in [0.05, 0.1) is 5.69 Å². The van der Waals surface area contributed by atoms with Crippen molar-refractivity contribution in [3.8, 4) is 10.6 Å². The van der Waals surface area contributed by atoms with Crippen molar-refractivity contribution in [1.29, 1.82) is 0 Å². The van der Waals surface area contributed by atoms with Crippen molar-refractivity contribution in [3.63, 3.8) is 0 Å². The Labute approximate surface area is 128 Å². The van der Waals surface area contributed by atoms with Crippen LogP contribution in [-0.2, 0) is 16.6 Å². The highest BCUT2D eigenvalue weighted by Crippen LogP contribution is 2.22. The fraction of sp³-hybridized carbons (Fsp3) is 0.385. The molecule has 2 rings (SSSR count). The first-order valence-electron chi connectivity index (χ1n) is 6.58. The molecule has 114 valence electrons. The molecule has 0 bridgehead atoms. The Morgan fingerprint density at radius 1 is 1.38 bits per heavy atom. The number of rotatable bonds is 7. The monoisotopic (exact) mass is 326 g/mol. The van der Waals surface area contributed by atoms with Crippen LogP contribution in [-0.4, -0.2) is 31.0 Å². The topological polar surface area (TPSA) is 84.0 Å². The standard InChI is InChI=1S/C13H18N4O2S2/c1-10(2)17-21(18,19)15-7-5-12-9-20-13(16-12)11-4-3-6-14-8-11/h3-4,6,8-10,15,17H,5,7H2,1-2H3. The molecule has 0 fully saturated rings. The van der Waals surface area contributed by atoms with Crippen LogP contribution in [0.3, 0.4) is 0 Å². The quantitative estimate of drug-likeness (QED) is 0.809. The molecule has 21 heavy (non-hydrogen) atoms. The third-order valence-electron chi connectivity index (χ3n) is 2.52. The van der Waals surface area contributed by atoms with Crippen molar-refractivity contribution >= 4 is 21.5 Å². The van der Waals surface area contributed by atoms with E-state index in [0.717, 1.165) is 16.3 Å². The molecule has 0 aliphatic carbocycles. The minimum absolute atomic E-state index is 0.126. The molecular formula is C13H18N4O2S2. The molecule has 0 radical (unpaired) electrons. The average Bonchev–Trinajstić information content (AvgIpc) is 2.87. The number of thiazole rings is 1. The maximum Gasteiger partial charge on any atom is 0.277 e. The maximum atomic E-state index is 11.6. The minimum atomic E-state index is -3.43. The minimum Gasteiger partial charge on any atom is -0.264 e. The third kappa shape index (κ3) is 5.16. The van der Waals surface area contributed by atoms with E-state index in [1.807, 2.05) is 17.5 Å². The summed E-state index contributed by atoms with van der Waals surface area (Å²) in [6.45, 7) is 3.87. The molecule has 0 saturated heterocycles. The zero-order chi connectivity index (χ0) is 15.3. The molecular weight excluding hydrogens is 308 g/mol. The van der Waals surface area contributed by atoms with Gasteiger partial charge in [-0.3, -0.25) is 4.98 Å². The van der Waals surface area contributed by atoms with Gasteiger partial charge in [0.1, 0.15) is 5.01 Å². The van der Waals surface area contributed by atoms with Crippen molar-refractivity contribution in [2.45, 2.75) is 26.3 Å². The zero-order valence-corrected chi connectivity index (χ0v) is 13.5. The van der Waals surface area contributed by atoms with Crippen LogP contribution in [0.2, 0.25) is 0 Å². The van der Waals surface area contributed by atoms with E-state index in [1.54, 1.807) is 26.2 Å². The fourth-order valence-electron chi connectivity index (χ4n) is 1.71. The van der Waals surface area contributed by atoms with Crippen molar-refractivity contribution in [2.75, 3.05) is 6.54 Å². The van der Waals surface area contributed by atoms with Crippen LogP contribution in [0.5, 0.6) is 0 Å². The van der Waals surface area contributed by atoms with E-state index in [1.165, 1.54) is 11.3 Å². The molecule has 0 aliphatic heterocycles. The lowest BCUT2D eigenvalue weighted by molar-refractivity contribution is 0.555. The summed E-state index contributed by atoms with van der Waals surface area (Å²) in [6.07, 6.45) is 4.03. The second-order valence-electron chi connectivity index (χ2n) is 4.81. The first-order chi connectivity index (χ1) is 9.96. The van der Waals surface area contributed by atoms with E-state index < -0.39 is 10.2 Å². The van der Waals surface area contributed by atoms with Gasteiger partial charge in [0.2, 0.25) is 0 Å². The van der Waals surface area contributed by atoms with E-state index >= 15 is 0 Å². The van der Waals surface area contributed by atoms with Gasteiger partial charge < -0.3 is 0 Å². The van der Waals surface area contributed by atoms with Gasteiger partial charge in [-0.25, -0.2) is 9.71 Å². The summed E-state index contributed by atoms with van der Waals surface area (Å²) in [5.74, 6) is 0.